The zero-order valence-corrected chi connectivity index (χ0v) is 13.7. The van der Waals surface area contributed by atoms with Gasteiger partial charge in [-0.1, -0.05) is 6.92 Å². The highest BCUT2D eigenvalue weighted by Crippen LogP contribution is 2.32. The topological polar surface area (TPSA) is 113 Å². The molecule has 1 atom stereocenters. The van der Waals surface area contributed by atoms with Gasteiger partial charge in [0.1, 0.15) is 12.2 Å². The number of anilines is 1. The average molecular weight is 335 g/mol. The number of nitrogens with zero attached hydrogens (tertiary/aromatic N) is 2. The normalized spacial score (nSPS) is 14.8. The van der Waals surface area contributed by atoms with E-state index in [0.29, 0.717) is 12.1 Å². The summed E-state index contributed by atoms with van der Waals surface area (Å²) < 4.78 is 0. The molecule has 1 aliphatic carbocycles. The highest BCUT2D eigenvalue weighted by atomic mass is 16.6. The first-order valence-corrected chi connectivity index (χ1v) is 7.91. The van der Waals surface area contributed by atoms with Crippen LogP contribution in [-0.4, -0.2) is 45.4 Å². The van der Waals surface area contributed by atoms with Crippen LogP contribution in [0.25, 0.3) is 0 Å². The maximum atomic E-state index is 12.6. The van der Waals surface area contributed by atoms with E-state index in [4.69, 9.17) is 5.11 Å². The maximum absolute atomic E-state index is 12.6. The van der Waals surface area contributed by atoms with E-state index in [1.165, 1.54) is 23.1 Å². The van der Waals surface area contributed by atoms with Crippen LogP contribution in [0.2, 0.25) is 0 Å². The lowest BCUT2D eigenvalue weighted by Gasteiger charge is -2.27. The van der Waals surface area contributed by atoms with Crippen molar-refractivity contribution >= 4 is 23.3 Å². The molecule has 0 spiro atoms. The third-order valence-electron chi connectivity index (χ3n) is 4.07. The molecule has 1 unspecified atom stereocenters. The number of carbonyl (C=O) groups excluding carboxylic acids is 1. The van der Waals surface area contributed by atoms with Crippen molar-refractivity contribution in [3.8, 4) is 0 Å². The van der Waals surface area contributed by atoms with Crippen LogP contribution in [0.3, 0.4) is 0 Å². The van der Waals surface area contributed by atoms with Crippen LogP contribution < -0.4 is 5.32 Å². The van der Waals surface area contributed by atoms with Gasteiger partial charge in [-0.2, -0.15) is 0 Å². The van der Waals surface area contributed by atoms with Crippen LogP contribution in [0.1, 0.15) is 43.5 Å². The van der Waals surface area contributed by atoms with Crippen molar-refractivity contribution < 1.29 is 19.6 Å². The third-order valence-corrected chi connectivity index (χ3v) is 4.07. The molecule has 1 aromatic carbocycles. The average Bonchev–Trinajstić information content (AvgIpc) is 3.35. The largest absolute Gasteiger partial charge is 0.480 e. The minimum absolute atomic E-state index is 0.115. The van der Waals surface area contributed by atoms with Crippen molar-refractivity contribution in [1.82, 2.24) is 4.90 Å². The van der Waals surface area contributed by atoms with E-state index in [2.05, 4.69) is 5.32 Å². The Morgan fingerprint density at radius 1 is 1.46 bits per heavy atom. The number of hydrogen-bond acceptors (Lipinski definition) is 5. The second kappa shape index (κ2) is 7.29. The minimum atomic E-state index is -1.12. The van der Waals surface area contributed by atoms with Gasteiger partial charge in [0.05, 0.1) is 4.92 Å². The molecule has 0 saturated heterocycles. The van der Waals surface area contributed by atoms with Crippen molar-refractivity contribution in [3.05, 3.63) is 33.9 Å². The molecular weight excluding hydrogens is 314 g/mol. The molecule has 0 heterocycles. The summed E-state index contributed by atoms with van der Waals surface area (Å²) in [6.45, 7) is 3.15. The standard InChI is InChI=1S/C16H21N3O5/c1-3-10(2)18(9-15(20)21)16(22)11-4-7-13(17-12-5-6-12)14(8-11)19(23)24/h4,7-8,10,12,17H,3,5-6,9H2,1-2H3,(H,20,21). The first-order chi connectivity index (χ1) is 11.3. The van der Waals surface area contributed by atoms with Crippen LogP contribution >= 0.6 is 0 Å². The van der Waals surface area contributed by atoms with E-state index < -0.39 is 23.3 Å². The minimum Gasteiger partial charge on any atom is -0.480 e. The highest BCUT2D eigenvalue weighted by molar-refractivity contribution is 5.97. The maximum Gasteiger partial charge on any atom is 0.323 e. The van der Waals surface area contributed by atoms with Crippen molar-refractivity contribution in [3.63, 3.8) is 0 Å². The number of nitro benzene ring substituents is 1. The first-order valence-electron chi connectivity index (χ1n) is 7.91. The second-order valence-electron chi connectivity index (χ2n) is 5.99. The van der Waals surface area contributed by atoms with Crippen LogP contribution in [0.5, 0.6) is 0 Å². The van der Waals surface area contributed by atoms with Crippen molar-refractivity contribution in [2.45, 2.75) is 45.2 Å². The van der Waals surface area contributed by atoms with Gasteiger partial charge in [0.2, 0.25) is 0 Å². The molecule has 0 aliphatic heterocycles. The quantitative estimate of drug-likeness (QED) is 0.557. The summed E-state index contributed by atoms with van der Waals surface area (Å²) >= 11 is 0. The number of nitro groups is 1. The van der Waals surface area contributed by atoms with E-state index in [1.807, 2.05) is 6.92 Å². The molecule has 0 radical (unpaired) electrons. The number of carboxylic acids is 1. The molecule has 2 rings (SSSR count). The Balaban J connectivity index is 2.31. The Bertz CT molecular complexity index is 657. The highest BCUT2D eigenvalue weighted by Gasteiger charge is 2.28. The molecule has 2 N–H and O–H groups in total. The Labute approximate surface area is 139 Å². The second-order valence-corrected chi connectivity index (χ2v) is 5.99. The molecule has 1 saturated carbocycles. The molecule has 1 amide bonds. The van der Waals surface area contributed by atoms with E-state index >= 15 is 0 Å². The van der Waals surface area contributed by atoms with Gasteiger partial charge in [0, 0.05) is 23.7 Å². The van der Waals surface area contributed by atoms with Gasteiger partial charge < -0.3 is 15.3 Å². The number of benzene rings is 1. The number of carbonyl (C=O) groups is 2. The number of amides is 1. The van der Waals surface area contributed by atoms with Gasteiger partial charge in [0.25, 0.3) is 11.6 Å². The monoisotopic (exact) mass is 335 g/mol. The van der Waals surface area contributed by atoms with E-state index in [1.54, 1.807) is 6.92 Å². The van der Waals surface area contributed by atoms with Gasteiger partial charge in [-0.3, -0.25) is 19.7 Å². The molecule has 1 aromatic rings. The number of nitrogens with one attached hydrogen (secondary N) is 1. The zero-order chi connectivity index (χ0) is 17.9. The lowest BCUT2D eigenvalue weighted by molar-refractivity contribution is -0.384. The SMILES string of the molecule is CCC(C)N(CC(=O)O)C(=O)c1ccc(NC2CC2)c([N+](=O)[O-])c1. The van der Waals surface area contributed by atoms with E-state index in [9.17, 15) is 19.7 Å². The molecule has 8 nitrogen and oxygen atoms in total. The fourth-order valence-electron chi connectivity index (χ4n) is 2.35. The molecule has 0 aromatic heterocycles. The summed E-state index contributed by atoms with van der Waals surface area (Å²) in [5.74, 6) is -1.64. The van der Waals surface area contributed by atoms with Gasteiger partial charge in [0.15, 0.2) is 0 Å². The molecule has 24 heavy (non-hydrogen) atoms. The Morgan fingerprint density at radius 3 is 2.62 bits per heavy atom. The molecule has 130 valence electrons. The van der Waals surface area contributed by atoms with E-state index in [-0.39, 0.29) is 23.3 Å². The molecule has 0 bridgehead atoms. The lowest BCUT2D eigenvalue weighted by Crippen LogP contribution is -2.41. The number of rotatable bonds is 8. The van der Waals surface area contributed by atoms with Crippen molar-refractivity contribution in [2.24, 2.45) is 0 Å². The van der Waals surface area contributed by atoms with Crippen molar-refractivity contribution in [2.75, 3.05) is 11.9 Å². The van der Waals surface area contributed by atoms with E-state index in [0.717, 1.165) is 12.8 Å². The van der Waals surface area contributed by atoms with Crippen LogP contribution in [0, 0.1) is 10.1 Å². The Hall–Kier alpha value is -2.64. The van der Waals surface area contributed by atoms with Crippen molar-refractivity contribution in [1.29, 1.82) is 0 Å². The number of aliphatic carboxylic acids is 1. The molecule has 1 fully saturated rings. The summed E-state index contributed by atoms with van der Waals surface area (Å²) in [4.78, 5) is 35.6. The molecule has 1 aliphatic rings. The van der Waals surface area contributed by atoms with Crippen LogP contribution in [-0.2, 0) is 4.79 Å². The summed E-state index contributed by atoms with van der Waals surface area (Å²) in [7, 11) is 0. The van der Waals surface area contributed by atoms with Gasteiger partial charge in [-0.15, -0.1) is 0 Å². The molecular formula is C16H21N3O5. The zero-order valence-electron chi connectivity index (χ0n) is 13.7. The van der Waals surface area contributed by atoms with Crippen LogP contribution in [0.4, 0.5) is 11.4 Å². The summed E-state index contributed by atoms with van der Waals surface area (Å²) in [6.07, 6.45) is 2.53. The summed E-state index contributed by atoms with van der Waals surface area (Å²) in [5, 5.41) is 23.4. The fourth-order valence-corrected chi connectivity index (χ4v) is 2.35. The fraction of sp³-hybridized carbons (Fsp3) is 0.500. The summed E-state index contributed by atoms with van der Waals surface area (Å²) in [6, 6.07) is 4.19. The van der Waals surface area contributed by atoms with Gasteiger partial charge in [-0.05, 0) is 38.3 Å². The van der Waals surface area contributed by atoms with Gasteiger partial charge >= 0.3 is 5.97 Å². The Kier molecular flexibility index (Phi) is 5.38. The predicted octanol–water partition coefficient (Wildman–Crippen LogP) is 2.49. The smallest absolute Gasteiger partial charge is 0.323 e. The number of carboxylic acid groups (broad SMARTS) is 1. The lowest BCUT2D eigenvalue weighted by atomic mass is 10.1. The molecule has 8 heteroatoms. The van der Waals surface area contributed by atoms with Crippen LogP contribution in [0.15, 0.2) is 18.2 Å². The van der Waals surface area contributed by atoms with Gasteiger partial charge in [-0.25, -0.2) is 0 Å². The first kappa shape index (κ1) is 17.7. The Morgan fingerprint density at radius 2 is 2.12 bits per heavy atom. The summed E-state index contributed by atoms with van der Waals surface area (Å²) in [5.41, 5.74) is 0.323. The third kappa shape index (κ3) is 4.21. The number of hydrogen-bond donors (Lipinski definition) is 2. The predicted molar refractivity (Wildman–Crippen MR) is 88.2 cm³/mol.